The number of rotatable bonds is 21. The molecule has 5 aromatic rings. The van der Waals surface area contributed by atoms with E-state index in [-0.39, 0.29) is 19.4 Å². The Labute approximate surface area is 395 Å². The first-order valence-electron chi connectivity index (χ1n) is 21.9. The number of halogens is 2. The van der Waals surface area contributed by atoms with Gasteiger partial charge in [0.15, 0.2) is 0 Å². The van der Waals surface area contributed by atoms with Gasteiger partial charge in [-0.3, -0.25) is 14.4 Å². The van der Waals surface area contributed by atoms with Crippen LogP contribution in [0.1, 0.15) is 42.3 Å². The largest absolute Gasteiger partial charge is 0.478 e. The highest BCUT2D eigenvalue weighted by Crippen LogP contribution is 2.34. The summed E-state index contributed by atoms with van der Waals surface area (Å²) in [6.45, 7) is 3.37. The summed E-state index contributed by atoms with van der Waals surface area (Å²) in [6, 6.07) is 27.5. The molecule has 4 N–H and O–H groups in total. The summed E-state index contributed by atoms with van der Waals surface area (Å²) in [6.07, 6.45) is 2.10. The van der Waals surface area contributed by atoms with E-state index in [9.17, 15) is 24.3 Å². The lowest BCUT2D eigenvalue weighted by atomic mass is 9.83. The van der Waals surface area contributed by atoms with Gasteiger partial charge >= 0.3 is 11.9 Å². The van der Waals surface area contributed by atoms with E-state index in [2.05, 4.69) is 20.9 Å². The number of ether oxygens (including phenoxy) is 3. The van der Waals surface area contributed by atoms with Crippen molar-refractivity contribution in [2.45, 2.75) is 63.3 Å². The minimum Gasteiger partial charge on any atom is -0.478 e. The highest BCUT2D eigenvalue weighted by Gasteiger charge is 2.39. The number of nitrogens with zero attached hydrogens (tertiary/aromatic N) is 3. The van der Waals surface area contributed by atoms with E-state index in [4.69, 9.17) is 37.4 Å². The number of carboxylic acids is 1. The van der Waals surface area contributed by atoms with Crippen LogP contribution in [0.5, 0.6) is 11.5 Å². The first kappa shape index (κ1) is 49.7. The average molecular weight is 942 g/mol. The smallest absolute Gasteiger partial charge is 0.345 e. The first-order chi connectivity index (χ1) is 31.6. The summed E-state index contributed by atoms with van der Waals surface area (Å²) in [7, 11) is 7.36. The van der Waals surface area contributed by atoms with Gasteiger partial charge in [0, 0.05) is 48.6 Å². The molecule has 1 aliphatic rings. The van der Waals surface area contributed by atoms with E-state index in [0.29, 0.717) is 58.6 Å². The number of imidazole rings is 1. The second kappa shape index (κ2) is 23.1. The van der Waals surface area contributed by atoms with Crippen LogP contribution in [0.2, 0.25) is 10.0 Å². The zero-order valence-electron chi connectivity index (χ0n) is 37.9. The number of nitrogens with one attached hydrogen (secondary N) is 3. The fraction of sp³-hybridized carbons (Fsp3) is 0.380. The number of hydrogen-bond acceptors (Lipinski definition) is 10. The number of esters is 1. The Morgan fingerprint density at radius 2 is 1.64 bits per heavy atom. The molecule has 4 aromatic carbocycles. The predicted molar refractivity (Wildman–Crippen MR) is 254 cm³/mol. The van der Waals surface area contributed by atoms with E-state index in [1.54, 1.807) is 55.5 Å². The molecule has 0 aliphatic carbocycles. The van der Waals surface area contributed by atoms with Gasteiger partial charge < -0.3 is 44.7 Å². The Balaban J connectivity index is 1.25. The standard InChI is InChI=1S/C50H58Cl2N6O8/c1-32(46(59)55-41(30-64-5)47(60)56-50(22-9-23-53-31-50)27-34-12-17-37(51)18-13-34)40(49(63)66-44(48(61)62)24-33-10-7-6-8-11-33)25-36-14-19-38(52)26-43(36)65-39-20-15-35(16-21-39)42-28-54-45(58(42)4)29-57(2)3/h6-8,10-21,26,28,32,40-41,44,53H,9,22-25,27,29-31H2,1-5H3,(H,55,59)(H,56,60)(H,61,62)/t32-,40?,41+,44+,50-/m1/s1. The summed E-state index contributed by atoms with van der Waals surface area (Å²) in [5.41, 5.74) is 3.32. The molecule has 1 unspecified atom stereocenters. The topological polar surface area (TPSA) is 173 Å². The molecule has 0 spiro atoms. The maximum atomic E-state index is 14.4. The van der Waals surface area contributed by atoms with Crippen molar-refractivity contribution in [2.75, 3.05) is 40.9 Å². The van der Waals surface area contributed by atoms with Crippen LogP contribution in [0.25, 0.3) is 11.3 Å². The minimum atomic E-state index is -1.55. The Kier molecular flexibility index (Phi) is 17.4. The van der Waals surface area contributed by atoms with Crippen molar-refractivity contribution in [3.63, 3.8) is 0 Å². The summed E-state index contributed by atoms with van der Waals surface area (Å²) >= 11 is 12.7. The number of carbonyl (C=O) groups excluding carboxylic acids is 3. The Morgan fingerprint density at radius 1 is 0.924 bits per heavy atom. The molecule has 0 bridgehead atoms. The number of aliphatic carboxylic acids is 1. The number of methoxy groups -OCH3 is 1. The van der Waals surface area contributed by atoms with Crippen LogP contribution in [-0.2, 0) is 61.5 Å². The number of benzene rings is 4. The molecule has 5 atom stereocenters. The van der Waals surface area contributed by atoms with Crippen molar-refractivity contribution >= 4 is 47.0 Å². The molecule has 1 saturated heterocycles. The van der Waals surface area contributed by atoms with Gasteiger partial charge in [-0.25, -0.2) is 9.78 Å². The van der Waals surface area contributed by atoms with E-state index < -0.39 is 53.3 Å². The fourth-order valence-electron chi connectivity index (χ4n) is 8.14. The molecule has 14 nitrogen and oxygen atoms in total. The minimum absolute atomic E-state index is 0.0982. The molecule has 1 aliphatic heterocycles. The van der Waals surface area contributed by atoms with Crippen LogP contribution in [0.3, 0.4) is 0 Å². The maximum absolute atomic E-state index is 14.4. The molecule has 2 amide bonds. The SMILES string of the molecule is COC[C@H](NC(=O)[C@H](C)C(Cc1ccc(Cl)cc1Oc1ccc(-c2cnc(CN(C)C)n2C)cc1)C(=O)O[C@@H](Cc1ccccc1)C(=O)O)C(=O)N[C@@]1(Cc2ccc(Cl)cc2)CCCNC1. The van der Waals surface area contributed by atoms with Crippen LogP contribution in [0.4, 0.5) is 0 Å². The lowest BCUT2D eigenvalue weighted by Gasteiger charge is -2.40. The van der Waals surface area contributed by atoms with E-state index in [0.717, 1.165) is 35.6 Å². The number of carbonyl (C=O) groups is 4. The van der Waals surface area contributed by atoms with E-state index in [1.807, 2.05) is 85.3 Å². The van der Waals surface area contributed by atoms with Crippen LogP contribution in [-0.4, -0.2) is 102 Å². The predicted octanol–water partition coefficient (Wildman–Crippen LogP) is 6.89. The maximum Gasteiger partial charge on any atom is 0.345 e. The third kappa shape index (κ3) is 13.4. The molecule has 1 fully saturated rings. The molecule has 1 aromatic heterocycles. The van der Waals surface area contributed by atoms with E-state index >= 15 is 0 Å². The Hall–Kier alpha value is -5.77. The lowest BCUT2D eigenvalue weighted by Crippen LogP contribution is -2.63. The lowest BCUT2D eigenvalue weighted by molar-refractivity contribution is -0.168. The highest BCUT2D eigenvalue weighted by atomic mass is 35.5. The van der Waals surface area contributed by atoms with Crippen molar-refractivity contribution < 1.29 is 38.5 Å². The van der Waals surface area contributed by atoms with Crippen LogP contribution in [0, 0.1) is 11.8 Å². The van der Waals surface area contributed by atoms with Crippen LogP contribution >= 0.6 is 23.2 Å². The second-order valence-corrected chi connectivity index (χ2v) is 18.0. The summed E-state index contributed by atoms with van der Waals surface area (Å²) in [4.78, 5) is 62.1. The summed E-state index contributed by atoms with van der Waals surface area (Å²) in [5.74, 6) is -4.05. The van der Waals surface area contributed by atoms with Crippen LogP contribution in [0.15, 0.2) is 103 Å². The van der Waals surface area contributed by atoms with Gasteiger partial charge in [0.1, 0.15) is 23.4 Å². The quantitative estimate of drug-likeness (QED) is 0.0565. The Bertz CT molecular complexity index is 2420. The third-order valence-electron chi connectivity index (χ3n) is 11.8. The van der Waals surface area contributed by atoms with Crippen molar-refractivity contribution in [1.29, 1.82) is 0 Å². The average Bonchev–Trinajstić information content (AvgIpc) is 3.65. The second-order valence-electron chi connectivity index (χ2n) is 17.2. The molecular weight excluding hydrogens is 883 g/mol. The van der Waals surface area contributed by atoms with Gasteiger partial charge in [-0.15, -0.1) is 0 Å². The molecule has 66 heavy (non-hydrogen) atoms. The Morgan fingerprint density at radius 3 is 2.29 bits per heavy atom. The highest BCUT2D eigenvalue weighted by molar-refractivity contribution is 6.31. The van der Waals surface area contributed by atoms with Gasteiger partial charge in [-0.05, 0) is 112 Å². The molecule has 0 radical (unpaired) electrons. The first-order valence-corrected chi connectivity index (χ1v) is 22.6. The van der Waals surface area contributed by atoms with Crippen molar-refractivity contribution in [2.24, 2.45) is 18.9 Å². The van der Waals surface area contributed by atoms with Gasteiger partial charge in [0.25, 0.3) is 0 Å². The number of amides is 2. The van der Waals surface area contributed by atoms with Crippen molar-refractivity contribution in [1.82, 2.24) is 30.4 Å². The monoisotopic (exact) mass is 940 g/mol. The number of piperidine rings is 1. The molecule has 16 heteroatoms. The molecule has 350 valence electrons. The molecule has 6 rings (SSSR count). The van der Waals surface area contributed by atoms with Gasteiger partial charge in [-0.2, -0.15) is 0 Å². The van der Waals surface area contributed by atoms with Gasteiger partial charge in [-0.1, -0.05) is 78.7 Å². The molecule has 2 heterocycles. The number of carboxylic acid groups (broad SMARTS) is 1. The number of aromatic nitrogens is 2. The van der Waals surface area contributed by atoms with Gasteiger partial charge in [0.05, 0.1) is 36.5 Å². The zero-order chi connectivity index (χ0) is 47.4. The molecule has 0 saturated carbocycles. The van der Waals surface area contributed by atoms with Crippen LogP contribution < -0.4 is 20.7 Å². The third-order valence-corrected chi connectivity index (χ3v) is 12.3. The van der Waals surface area contributed by atoms with Gasteiger partial charge in [0.2, 0.25) is 17.9 Å². The number of hydrogen-bond donors (Lipinski definition) is 4. The van der Waals surface area contributed by atoms with Crippen molar-refractivity contribution in [3.8, 4) is 22.8 Å². The normalized spacial score (nSPS) is 16.7. The summed E-state index contributed by atoms with van der Waals surface area (Å²) in [5, 5.41) is 20.6. The fourth-order valence-corrected chi connectivity index (χ4v) is 8.43. The summed E-state index contributed by atoms with van der Waals surface area (Å²) < 4.78 is 19.6. The zero-order valence-corrected chi connectivity index (χ0v) is 39.4. The van der Waals surface area contributed by atoms with Crippen molar-refractivity contribution in [3.05, 3.63) is 136 Å². The molecular formula is C50H58Cl2N6O8. The van der Waals surface area contributed by atoms with E-state index in [1.165, 1.54) is 7.11 Å².